The first kappa shape index (κ1) is 17.3. The van der Waals surface area contributed by atoms with Gasteiger partial charge in [0, 0.05) is 18.7 Å². The fourth-order valence-electron chi connectivity index (χ4n) is 3.62. The zero-order chi connectivity index (χ0) is 18.0. The first-order chi connectivity index (χ1) is 12.0. The van der Waals surface area contributed by atoms with E-state index in [4.69, 9.17) is 5.84 Å². The van der Waals surface area contributed by atoms with E-state index in [0.29, 0.717) is 24.9 Å². The maximum absolute atomic E-state index is 12.9. The maximum Gasteiger partial charge on any atom is 0.326 e. The summed E-state index contributed by atoms with van der Waals surface area (Å²) in [5.74, 6) is 3.59. The van der Waals surface area contributed by atoms with E-state index in [9.17, 15) is 19.5 Å². The smallest absolute Gasteiger partial charge is 0.326 e. The van der Waals surface area contributed by atoms with Crippen LogP contribution in [0.5, 0.6) is 0 Å². The van der Waals surface area contributed by atoms with Crippen molar-refractivity contribution in [1.29, 1.82) is 0 Å². The number of hydrazine groups is 2. The highest BCUT2D eigenvalue weighted by Gasteiger charge is 2.50. The number of nitrogens with two attached hydrogens (primary N) is 1. The monoisotopic (exact) mass is 347 g/mol. The summed E-state index contributed by atoms with van der Waals surface area (Å²) < 4.78 is 0. The van der Waals surface area contributed by atoms with Crippen LogP contribution in [0.15, 0.2) is 30.3 Å². The normalized spacial score (nSPS) is 25.8. The molecule has 2 aliphatic heterocycles. The van der Waals surface area contributed by atoms with E-state index >= 15 is 0 Å². The van der Waals surface area contributed by atoms with Crippen molar-refractivity contribution in [3.63, 3.8) is 0 Å². The van der Waals surface area contributed by atoms with Crippen LogP contribution in [0.3, 0.4) is 0 Å². The second-order valence-corrected chi connectivity index (χ2v) is 6.20. The number of carboxylic acid groups (broad SMARTS) is 1. The molecule has 2 saturated heterocycles. The molecular formula is C16H21N5O4. The lowest BCUT2D eigenvalue weighted by atomic mass is 10.0. The highest BCUT2D eigenvalue weighted by atomic mass is 16.4. The van der Waals surface area contributed by atoms with Gasteiger partial charge in [0.1, 0.15) is 12.1 Å². The second-order valence-electron chi connectivity index (χ2n) is 6.20. The van der Waals surface area contributed by atoms with Gasteiger partial charge in [-0.25, -0.2) is 10.2 Å². The number of nitrogens with one attached hydrogen (secondary N) is 2. The van der Waals surface area contributed by atoms with Crippen molar-refractivity contribution in [2.45, 2.75) is 31.0 Å². The first-order valence-corrected chi connectivity index (χ1v) is 8.14. The molecule has 2 amide bonds. The molecule has 2 fully saturated rings. The summed E-state index contributed by atoms with van der Waals surface area (Å²) in [6.07, 6.45) is 0.963. The summed E-state index contributed by atoms with van der Waals surface area (Å²) in [5.41, 5.74) is 5.39. The van der Waals surface area contributed by atoms with Crippen LogP contribution in [0, 0.1) is 0 Å². The van der Waals surface area contributed by atoms with Crippen molar-refractivity contribution in [2.24, 2.45) is 5.84 Å². The van der Waals surface area contributed by atoms with Crippen molar-refractivity contribution in [3.05, 3.63) is 35.9 Å². The van der Waals surface area contributed by atoms with Crippen molar-refractivity contribution in [3.8, 4) is 0 Å². The number of amides is 2. The molecule has 2 heterocycles. The van der Waals surface area contributed by atoms with Gasteiger partial charge >= 0.3 is 5.97 Å². The van der Waals surface area contributed by atoms with Crippen LogP contribution in [0.2, 0.25) is 0 Å². The molecule has 5 N–H and O–H groups in total. The van der Waals surface area contributed by atoms with Crippen LogP contribution < -0.4 is 16.8 Å². The van der Waals surface area contributed by atoms with Gasteiger partial charge in [-0.1, -0.05) is 18.2 Å². The lowest BCUT2D eigenvalue weighted by Crippen LogP contribution is -2.66. The Bertz CT molecular complexity index is 668. The molecular weight excluding hydrogens is 326 g/mol. The summed E-state index contributed by atoms with van der Waals surface area (Å²) in [6, 6.07) is 6.79. The van der Waals surface area contributed by atoms with Gasteiger partial charge in [-0.2, -0.15) is 5.53 Å². The number of nitrogens with zero attached hydrogens (tertiary/aromatic N) is 2. The number of rotatable bonds is 5. The third-order valence-corrected chi connectivity index (χ3v) is 4.79. The number of hydrogen-bond acceptors (Lipinski definition) is 6. The summed E-state index contributed by atoms with van der Waals surface area (Å²) in [5, 5.41) is 9.36. The molecule has 0 aromatic heterocycles. The lowest BCUT2D eigenvalue weighted by molar-refractivity contribution is -0.155. The molecule has 3 atom stereocenters. The highest BCUT2D eigenvalue weighted by molar-refractivity contribution is 5.99. The van der Waals surface area contributed by atoms with Gasteiger partial charge in [-0.15, -0.1) is 0 Å². The van der Waals surface area contributed by atoms with Gasteiger partial charge < -0.3 is 14.9 Å². The van der Waals surface area contributed by atoms with E-state index in [1.807, 2.05) is 6.07 Å². The van der Waals surface area contributed by atoms with E-state index in [-0.39, 0.29) is 24.4 Å². The Balaban J connectivity index is 1.89. The molecule has 2 aliphatic rings. The molecule has 3 unspecified atom stereocenters. The minimum Gasteiger partial charge on any atom is -0.480 e. The van der Waals surface area contributed by atoms with Gasteiger partial charge in [0.25, 0.3) is 5.91 Å². The summed E-state index contributed by atoms with van der Waals surface area (Å²) in [7, 11) is 0. The van der Waals surface area contributed by atoms with Crippen LogP contribution in [0.25, 0.3) is 0 Å². The Morgan fingerprint density at radius 1 is 1.24 bits per heavy atom. The number of piperazine rings is 1. The van der Waals surface area contributed by atoms with Crippen LogP contribution in [0.4, 0.5) is 0 Å². The number of fused-ring (bicyclic) bond motifs is 1. The molecule has 9 heteroatoms. The molecule has 25 heavy (non-hydrogen) atoms. The molecule has 0 radical (unpaired) electrons. The molecule has 1 aromatic rings. The predicted molar refractivity (Wildman–Crippen MR) is 87.9 cm³/mol. The van der Waals surface area contributed by atoms with Gasteiger partial charge in [0.05, 0.1) is 6.04 Å². The number of benzene rings is 1. The number of carbonyl (C=O) groups is 3. The number of hydrogen-bond donors (Lipinski definition) is 4. The Morgan fingerprint density at radius 2 is 1.96 bits per heavy atom. The first-order valence-electron chi connectivity index (χ1n) is 8.14. The fourth-order valence-corrected chi connectivity index (χ4v) is 3.62. The van der Waals surface area contributed by atoms with E-state index in [1.165, 1.54) is 9.80 Å². The SMILES string of the molecule is NNNCC1C(=O)N2C(CCC2C(=O)O)CN1C(=O)c1ccccc1. The summed E-state index contributed by atoms with van der Waals surface area (Å²) in [4.78, 5) is 40.2. The Morgan fingerprint density at radius 3 is 2.60 bits per heavy atom. The Hall–Kier alpha value is -2.49. The Labute approximate surface area is 144 Å². The van der Waals surface area contributed by atoms with E-state index < -0.39 is 18.1 Å². The van der Waals surface area contributed by atoms with Crippen molar-refractivity contribution in [1.82, 2.24) is 20.8 Å². The van der Waals surface area contributed by atoms with E-state index in [1.54, 1.807) is 24.3 Å². The molecule has 3 rings (SSSR count). The molecule has 134 valence electrons. The minimum absolute atomic E-state index is 0.0868. The molecule has 0 saturated carbocycles. The van der Waals surface area contributed by atoms with Crippen LogP contribution in [-0.4, -0.2) is 63.9 Å². The van der Waals surface area contributed by atoms with Crippen LogP contribution in [0.1, 0.15) is 23.2 Å². The number of carboxylic acids is 1. The summed E-state index contributed by atoms with van der Waals surface area (Å²) >= 11 is 0. The maximum atomic E-state index is 12.9. The largest absolute Gasteiger partial charge is 0.480 e. The zero-order valence-electron chi connectivity index (χ0n) is 13.6. The minimum atomic E-state index is -1.01. The third-order valence-electron chi connectivity index (χ3n) is 4.79. The zero-order valence-corrected chi connectivity index (χ0v) is 13.6. The molecule has 0 spiro atoms. The van der Waals surface area contributed by atoms with Crippen LogP contribution in [-0.2, 0) is 9.59 Å². The molecule has 1 aromatic carbocycles. The van der Waals surface area contributed by atoms with Crippen molar-refractivity contribution in [2.75, 3.05) is 13.1 Å². The quantitative estimate of drug-likeness (QED) is 0.394. The average Bonchev–Trinajstić information content (AvgIpc) is 3.05. The van der Waals surface area contributed by atoms with Gasteiger partial charge in [-0.3, -0.25) is 15.4 Å². The van der Waals surface area contributed by atoms with E-state index in [2.05, 4.69) is 11.0 Å². The lowest BCUT2D eigenvalue weighted by Gasteiger charge is -2.44. The van der Waals surface area contributed by atoms with Crippen LogP contribution >= 0.6 is 0 Å². The van der Waals surface area contributed by atoms with Gasteiger partial charge in [0.15, 0.2) is 0 Å². The molecule has 0 aliphatic carbocycles. The van der Waals surface area contributed by atoms with Crippen molar-refractivity contribution < 1.29 is 19.5 Å². The summed E-state index contributed by atoms with van der Waals surface area (Å²) in [6.45, 7) is 0.392. The molecule has 0 bridgehead atoms. The standard InChI is InChI=1S/C16H21N5O4/c17-19-18-8-13-15(23)21-11(6-7-12(21)16(24)25)9-20(13)14(22)10-4-2-1-3-5-10/h1-5,11-13,18-19H,6-9,17H2,(H,24,25). The fraction of sp³-hybridized carbons (Fsp3) is 0.438. The number of aliphatic carboxylic acids is 1. The van der Waals surface area contributed by atoms with E-state index in [0.717, 1.165) is 0 Å². The average molecular weight is 347 g/mol. The number of carbonyl (C=O) groups excluding carboxylic acids is 2. The Kier molecular flexibility index (Phi) is 4.98. The molecule has 9 nitrogen and oxygen atoms in total. The topological polar surface area (TPSA) is 128 Å². The van der Waals surface area contributed by atoms with Gasteiger partial charge in [0.2, 0.25) is 5.91 Å². The predicted octanol–water partition coefficient (Wildman–Crippen LogP) is -1.08. The second kappa shape index (κ2) is 7.18. The van der Waals surface area contributed by atoms with Gasteiger partial charge in [-0.05, 0) is 25.0 Å². The highest BCUT2D eigenvalue weighted by Crippen LogP contribution is 2.31. The van der Waals surface area contributed by atoms with Crippen molar-refractivity contribution >= 4 is 17.8 Å². The third kappa shape index (κ3) is 3.21.